The molecule has 0 unspecified atom stereocenters. The second kappa shape index (κ2) is 12.9. The maximum atomic E-state index is 6.59. The van der Waals surface area contributed by atoms with E-state index < -0.39 is 0 Å². The molecule has 0 saturated carbocycles. The van der Waals surface area contributed by atoms with Crippen LogP contribution < -0.4 is 4.74 Å². The van der Waals surface area contributed by atoms with Crippen LogP contribution in [0.5, 0.6) is 11.5 Å². The Morgan fingerprint density at radius 2 is 1.11 bits per heavy atom. The molecular weight excluding hydrogens is 783 g/mol. The van der Waals surface area contributed by atoms with Crippen LogP contribution in [0.15, 0.2) is 122 Å². The molecule has 0 aliphatic heterocycles. The summed E-state index contributed by atoms with van der Waals surface area (Å²) in [5, 5.41) is 4.81. The zero-order valence-corrected chi connectivity index (χ0v) is 32.7. The number of ether oxygens (including phenoxy) is 1. The Hall–Kier alpha value is -6.20. The number of para-hydroxylation sites is 4. The first-order valence-electron chi connectivity index (χ1n) is 18.8. The fourth-order valence-electron chi connectivity index (χ4n) is 8.48. The van der Waals surface area contributed by atoms with Crippen LogP contribution in [0.4, 0.5) is 0 Å². The Bertz CT molecular complexity index is 3350. The summed E-state index contributed by atoms with van der Waals surface area (Å²) in [4.78, 5) is 19.6. The number of benzene rings is 6. The summed E-state index contributed by atoms with van der Waals surface area (Å²) in [5.41, 5.74) is 13.3. The zero-order chi connectivity index (χ0) is 36.9. The van der Waals surface area contributed by atoms with Crippen LogP contribution in [-0.4, -0.2) is 28.7 Å². The van der Waals surface area contributed by atoms with Gasteiger partial charge in [-0.15, -0.1) is 12.1 Å². The molecule has 0 amide bonds. The van der Waals surface area contributed by atoms with Crippen molar-refractivity contribution in [1.82, 2.24) is 28.7 Å². The molecule has 0 fully saturated rings. The van der Waals surface area contributed by atoms with E-state index in [-0.39, 0.29) is 20.4 Å². The van der Waals surface area contributed by atoms with Crippen molar-refractivity contribution in [3.05, 3.63) is 145 Å². The maximum Gasteiger partial charge on any atom is 2.00 e. The maximum absolute atomic E-state index is 6.59. The van der Waals surface area contributed by atoms with E-state index in [0.717, 1.165) is 77.0 Å². The molecule has 0 bridgehead atoms. The fourth-order valence-corrected chi connectivity index (χ4v) is 8.48. The van der Waals surface area contributed by atoms with Crippen LogP contribution in [0.1, 0.15) is 50.7 Å². The number of rotatable bonds is 5. The van der Waals surface area contributed by atoms with Crippen LogP contribution >= 0.6 is 0 Å². The topological polar surface area (TPSA) is 69.6 Å². The van der Waals surface area contributed by atoms with Crippen molar-refractivity contribution in [3.63, 3.8) is 0 Å². The van der Waals surface area contributed by atoms with Crippen molar-refractivity contribution in [2.24, 2.45) is 0 Å². The van der Waals surface area contributed by atoms with Gasteiger partial charge in [0.15, 0.2) is 0 Å². The normalized spacial score (nSPS) is 12.1. The van der Waals surface area contributed by atoms with Crippen molar-refractivity contribution in [1.29, 1.82) is 0 Å². The Balaban J connectivity index is 0.00000384. The molecule has 0 aliphatic rings. The largest absolute Gasteiger partial charge is 2.00 e. The molecule has 0 saturated heterocycles. The summed E-state index contributed by atoms with van der Waals surface area (Å²) in [6, 6.07) is 45.3. The van der Waals surface area contributed by atoms with Gasteiger partial charge in [-0.3, -0.25) is 15.0 Å². The molecule has 6 aromatic carbocycles. The van der Waals surface area contributed by atoms with Gasteiger partial charge in [0, 0.05) is 29.4 Å². The quantitative estimate of drug-likeness (QED) is 0.0983. The van der Waals surface area contributed by atoms with Gasteiger partial charge in [-0.05, 0) is 69.8 Å². The van der Waals surface area contributed by atoms with Crippen LogP contribution in [0, 0.1) is 12.1 Å². The molecule has 0 aliphatic carbocycles. The van der Waals surface area contributed by atoms with Crippen LogP contribution in [0.2, 0.25) is 0 Å². The summed E-state index contributed by atoms with van der Waals surface area (Å²) in [6.07, 6.45) is 3.44. The summed E-state index contributed by atoms with van der Waals surface area (Å²) in [6.45, 7) is 9.11. The zero-order valence-electron chi connectivity index (χ0n) is 31.1. The second-order valence-corrected chi connectivity index (χ2v) is 14.9. The molecule has 0 spiro atoms. The SMILES string of the molecule is CC(C)c1cccc(C(C)C)c1-c1ccc2c3ccc(Oc4[c-]c5c(cc4)c4nccnc4n4c6ccccc6nc54)[c-]c3c3nc4ccccc4n3c2c1.[Pd+2]. The van der Waals surface area contributed by atoms with Gasteiger partial charge in [0.25, 0.3) is 0 Å². The molecule has 272 valence electrons. The van der Waals surface area contributed by atoms with Gasteiger partial charge in [0.2, 0.25) is 0 Å². The molecule has 11 rings (SSSR count). The van der Waals surface area contributed by atoms with Crippen molar-refractivity contribution >= 4 is 77.0 Å². The van der Waals surface area contributed by atoms with E-state index in [4.69, 9.17) is 24.7 Å². The van der Waals surface area contributed by atoms with Gasteiger partial charge in [-0.1, -0.05) is 128 Å². The minimum atomic E-state index is 0. The Morgan fingerprint density at radius 1 is 0.536 bits per heavy atom. The Morgan fingerprint density at radius 3 is 1.79 bits per heavy atom. The molecule has 5 heterocycles. The fraction of sp³-hybridized carbons (Fsp3) is 0.125. The number of hydrogen-bond donors (Lipinski definition) is 0. The molecule has 7 nitrogen and oxygen atoms in total. The van der Waals surface area contributed by atoms with Crippen molar-refractivity contribution in [3.8, 4) is 22.6 Å². The monoisotopic (exact) mass is 816 g/mol. The van der Waals surface area contributed by atoms with Crippen LogP contribution in [-0.2, 0) is 20.4 Å². The predicted molar refractivity (Wildman–Crippen MR) is 222 cm³/mol. The summed E-state index contributed by atoms with van der Waals surface area (Å²) in [5.74, 6) is 1.91. The van der Waals surface area contributed by atoms with E-state index in [1.54, 1.807) is 12.4 Å². The smallest absolute Gasteiger partial charge is 0.497 e. The minimum Gasteiger partial charge on any atom is -0.497 e. The van der Waals surface area contributed by atoms with Gasteiger partial charge in [0.05, 0.1) is 38.9 Å². The minimum absolute atomic E-state index is 0. The predicted octanol–water partition coefficient (Wildman–Crippen LogP) is 12.0. The Kier molecular flexibility index (Phi) is 7.93. The number of hydrogen-bond acceptors (Lipinski definition) is 5. The van der Waals surface area contributed by atoms with Crippen molar-refractivity contribution in [2.75, 3.05) is 0 Å². The van der Waals surface area contributed by atoms with E-state index in [2.05, 4.69) is 115 Å². The molecule has 0 atom stereocenters. The van der Waals surface area contributed by atoms with Gasteiger partial charge >= 0.3 is 20.4 Å². The molecule has 56 heavy (non-hydrogen) atoms. The molecule has 11 aromatic rings. The Labute approximate surface area is 336 Å². The van der Waals surface area contributed by atoms with E-state index in [9.17, 15) is 0 Å². The van der Waals surface area contributed by atoms with E-state index >= 15 is 0 Å². The molecule has 0 N–H and O–H groups in total. The van der Waals surface area contributed by atoms with Crippen LogP contribution in [0.25, 0.3) is 88.1 Å². The third-order valence-electron chi connectivity index (χ3n) is 11.0. The third kappa shape index (κ3) is 5.06. The number of fused-ring (bicyclic) bond motifs is 16. The molecule has 8 heteroatoms. The summed E-state index contributed by atoms with van der Waals surface area (Å²) < 4.78 is 10.9. The third-order valence-corrected chi connectivity index (χ3v) is 11.0. The second-order valence-electron chi connectivity index (χ2n) is 14.9. The van der Waals surface area contributed by atoms with E-state index in [1.807, 2.05) is 42.5 Å². The standard InChI is InChI=1S/C48H34N6O.Pd/c1-27(2)32-10-9-11-33(28(3)4)44(32)29-16-19-35-34-20-17-30(25-37(34)46-51-39-12-5-7-14-41(39)53(46)43(35)24-29)55-31-18-21-36-38(26-31)47-52-40-13-6-8-15-42(40)54(47)48-45(36)49-22-23-50-48;/h5-24,27-28H,1-4H3;/q-2;+2. The van der Waals surface area contributed by atoms with Crippen molar-refractivity contribution in [2.45, 2.75) is 39.5 Å². The van der Waals surface area contributed by atoms with E-state index in [0.29, 0.717) is 23.3 Å². The molecule has 0 radical (unpaired) electrons. The van der Waals surface area contributed by atoms with Gasteiger partial charge < -0.3 is 13.5 Å². The average Bonchev–Trinajstić information content (AvgIpc) is 3.81. The van der Waals surface area contributed by atoms with E-state index in [1.165, 1.54) is 22.3 Å². The first-order valence-corrected chi connectivity index (χ1v) is 18.8. The molecule has 5 aromatic heterocycles. The summed E-state index contributed by atoms with van der Waals surface area (Å²) >= 11 is 0. The van der Waals surface area contributed by atoms with Crippen molar-refractivity contribution < 1.29 is 25.2 Å². The number of imidazole rings is 2. The average molecular weight is 817 g/mol. The van der Waals surface area contributed by atoms with Crippen LogP contribution in [0.3, 0.4) is 0 Å². The summed E-state index contributed by atoms with van der Waals surface area (Å²) in [7, 11) is 0. The van der Waals surface area contributed by atoms with Gasteiger partial charge in [-0.2, -0.15) is 0 Å². The van der Waals surface area contributed by atoms with Gasteiger partial charge in [0.1, 0.15) is 5.65 Å². The number of pyridine rings is 2. The molecular formula is C48H34N6OPd. The first-order chi connectivity index (χ1) is 26.9. The first kappa shape index (κ1) is 34.3. The number of nitrogens with zero attached hydrogens (tertiary/aromatic N) is 6. The number of aromatic nitrogens is 6. The van der Waals surface area contributed by atoms with Gasteiger partial charge in [-0.25, -0.2) is 4.98 Å².